The van der Waals surface area contributed by atoms with Crippen LogP contribution in [-0.4, -0.2) is 31.5 Å². The standard InChI is InChI=1S/C19H18N2O3/c1-22-15-8-4-13(5-9-15)17-12-18(24-3)19(21-20-17)14-6-10-16(23-2)11-7-14/h4-12H,1-3H3. The van der Waals surface area contributed by atoms with Crippen LogP contribution in [0, 0.1) is 0 Å². The van der Waals surface area contributed by atoms with Crippen LogP contribution in [0.2, 0.25) is 0 Å². The molecule has 3 rings (SSSR count). The summed E-state index contributed by atoms with van der Waals surface area (Å²) in [5.41, 5.74) is 3.30. The van der Waals surface area contributed by atoms with Crippen molar-refractivity contribution in [3.63, 3.8) is 0 Å². The molecule has 2 aromatic carbocycles. The monoisotopic (exact) mass is 322 g/mol. The van der Waals surface area contributed by atoms with Gasteiger partial charge in [0.15, 0.2) is 0 Å². The van der Waals surface area contributed by atoms with Crippen molar-refractivity contribution in [2.45, 2.75) is 0 Å². The Balaban J connectivity index is 1.97. The maximum Gasteiger partial charge on any atom is 0.149 e. The molecular weight excluding hydrogens is 304 g/mol. The summed E-state index contributed by atoms with van der Waals surface area (Å²) >= 11 is 0. The molecule has 0 unspecified atom stereocenters. The number of rotatable bonds is 5. The lowest BCUT2D eigenvalue weighted by Gasteiger charge is -2.10. The van der Waals surface area contributed by atoms with E-state index < -0.39 is 0 Å². The van der Waals surface area contributed by atoms with Gasteiger partial charge in [-0.2, -0.15) is 0 Å². The van der Waals surface area contributed by atoms with Gasteiger partial charge in [-0.05, 0) is 48.5 Å². The number of hydrogen-bond acceptors (Lipinski definition) is 5. The maximum absolute atomic E-state index is 5.50. The molecule has 0 saturated carbocycles. The third-order valence-corrected chi connectivity index (χ3v) is 3.73. The van der Waals surface area contributed by atoms with Crippen LogP contribution in [0.25, 0.3) is 22.5 Å². The second kappa shape index (κ2) is 7.00. The molecule has 0 spiro atoms. The van der Waals surface area contributed by atoms with Crippen LogP contribution in [0.3, 0.4) is 0 Å². The first-order chi connectivity index (χ1) is 11.7. The number of nitrogens with zero attached hydrogens (tertiary/aromatic N) is 2. The van der Waals surface area contributed by atoms with Crippen LogP contribution >= 0.6 is 0 Å². The molecular formula is C19H18N2O3. The van der Waals surface area contributed by atoms with Crippen molar-refractivity contribution in [3.05, 3.63) is 54.6 Å². The van der Waals surface area contributed by atoms with Crippen LogP contribution in [0.1, 0.15) is 0 Å². The van der Waals surface area contributed by atoms with Gasteiger partial charge < -0.3 is 14.2 Å². The summed E-state index contributed by atoms with van der Waals surface area (Å²) in [7, 11) is 4.91. The minimum atomic E-state index is 0.668. The topological polar surface area (TPSA) is 53.5 Å². The van der Waals surface area contributed by atoms with Crippen LogP contribution < -0.4 is 14.2 Å². The normalized spacial score (nSPS) is 10.3. The zero-order valence-electron chi connectivity index (χ0n) is 13.8. The molecule has 0 aliphatic carbocycles. The lowest BCUT2D eigenvalue weighted by atomic mass is 10.1. The summed E-state index contributed by atoms with van der Waals surface area (Å²) in [6, 6.07) is 17.2. The quantitative estimate of drug-likeness (QED) is 0.714. The van der Waals surface area contributed by atoms with Gasteiger partial charge in [-0.15, -0.1) is 10.2 Å². The van der Waals surface area contributed by atoms with Crippen LogP contribution in [-0.2, 0) is 0 Å². The van der Waals surface area contributed by atoms with E-state index in [9.17, 15) is 0 Å². The van der Waals surface area contributed by atoms with E-state index in [-0.39, 0.29) is 0 Å². The molecule has 0 aliphatic heterocycles. The van der Waals surface area contributed by atoms with Gasteiger partial charge in [0.25, 0.3) is 0 Å². The maximum atomic E-state index is 5.50. The lowest BCUT2D eigenvalue weighted by Crippen LogP contribution is -1.96. The van der Waals surface area contributed by atoms with Gasteiger partial charge in [0.05, 0.1) is 27.0 Å². The smallest absolute Gasteiger partial charge is 0.149 e. The molecule has 0 amide bonds. The zero-order valence-corrected chi connectivity index (χ0v) is 13.8. The first-order valence-corrected chi connectivity index (χ1v) is 7.45. The van der Waals surface area contributed by atoms with E-state index in [0.717, 1.165) is 28.3 Å². The molecule has 1 aromatic heterocycles. The first kappa shape index (κ1) is 15.8. The predicted octanol–water partition coefficient (Wildman–Crippen LogP) is 3.84. The minimum absolute atomic E-state index is 0.668. The van der Waals surface area contributed by atoms with Gasteiger partial charge in [0, 0.05) is 17.2 Å². The van der Waals surface area contributed by atoms with Gasteiger partial charge in [0.1, 0.15) is 22.9 Å². The Morgan fingerprint density at radius 1 is 0.625 bits per heavy atom. The van der Waals surface area contributed by atoms with Gasteiger partial charge in [-0.1, -0.05) is 0 Å². The van der Waals surface area contributed by atoms with Crippen molar-refractivity contribution in [1.29, 1.82) is 0 Å². The van der Waals surface area contributed by atoms with Crippen molar-refractivity contribution in [1.82, 2.24) is 10.2 Å². The van der Waals surface area contributed by atoms with E-state index in [4.69, 9.17) is 14.2 Å². The van der Waals surface area contributed by atoms with Crippen molar-refractivity contribution in [2.24, 2.45) is 0 Å². The van der Waals surface area contributed by atoms with Crippen molar-refractivity contribution < 1.29 is 14.2 Å². The van der Waals surface area contributed by atoms with E-state index >= 15 is 0 Å². The van der Waals surface area contributed by atoms with Crippen LogP contribution in [0.4, 0.5) is 0 Å². The Hall–Kier alpha value is -3.08. The lowest BCUT2D eigenvalue weighted by molar-refractivity contribution is 0.413. The molecule has 0 N–H and O–H groups in total. The molecule has 0 saturated heterocycles. The summed E-state index contributed by atoms with van der Waals surface area (Å²) in [4.78, 5) is 0. The molecule has 3 aromatic rings. The highest BCUT2D eigenvalue weighted by molar-refractivity contribution is 5.70. The number of aromatic nitrogens is 2. The fourth-order valence-electron chi connectivity index (χ4n) is 2.38. The van der Waals surface area contributed by atoms with E-state index in [1.54, 1.807) is 21.3 Å². The van der Waals surface area contributed by atoms with E-state index in [0.29, 0.717) is 11.4 Å². The predicted molar refractivity (Wildman–Crippen MR) is 92.6 cm³/mol. The third kappa shape index (κ3) is 3.15. The van der Waals surface area contributed by atoms with Crippen LogP contribution in [0.15, 0.2) is 54.6 Å². The Morgan fingerprint density at radius 2 is 1.17 bits per heavy atom. The number of hydrogen-bond donors (Lipinski definition) is 0. The van der Waals surface area contributed by atoms with Crippen molar-refractivity contribution in [2.75, 3.05) is 21.3 Å². The average Bonchev–Trinajstić information content (AvgIpc) is 2.67. The number of methoxy groups -OCH3 is 3. The minimum Gasteiger partial charge on any atom is -0.497 e. The Labute approximate surface area is 140 Å². The summed E-state index contributed by atoms with van der Waals surface area (Å²) in [6.45, 7) is 0. The molecule has 0 fully saturated rings. The molecule has 5 heteroatoms. The van der Waals surface area contributed by atoms with E-state index in [2.05, 4.69) is 10.2 Å². The largest absolute Gasteiger partial charge is 0.497 e. The molecule has 0 bridgehead atoms. The highest BCUT2D eigenvalue weighted by atomic mass is 16.5. The Kier molecular flexibility index (Phi) is 4.61. The number of benzene rings is 2. The molecule has 0 atom stereocenters. The summed E-state index contributed by atoms with van der Waals surface area (Å²) in [5.74, 6) is 2.26. The molecule has 0 aliphatic rings. The van der Waals surface area contributed by atoms with Gasteiger partial charge in [-0.3, -0.25) is 0 Å². The van der Waals surface area contributed by atoms with Crippen molar-refractivity contribution >= 4 is 0 Å². The van der Waals surface area contributed by atoms with E-state index in [1.165, 1.54) is 0 Å². The third-order valence-electron chi connectivity index (χ3n) is 3.73. The van der Waals surface area contributed by atoms with Gasteiger partial charge >= 0.3 is 0 Å². The second-order valence-corrected chi connectivity index (χ2v) is 5.10. The van der Waals surface area contributed by atoms with Crippen LogP contribution in [0.5, 0.6) is 17.2 Å². The summed E-state index contributed by atoms with van der Waals surface area (Å²) < 4.78 is 15.9. The zero-order chi connectivity index (χ0) is 16.9. The summed E-state index contributed by atoms with van der Waals surface area (Å²) in [6.07, 6.45) is 0. The fourth-order valence-corrected chi connectivity index (χ4v) is 2.38. The number of ether oxygens (including phenoxy) is 3. The molecule has 0 radical (unpaired) electrons. The summed E-state index contributed by atoms with van der Waals surface area (Å²) in [5, 5.41) is 8.68. The Morgan fingerprint density at radius 3 is 1.67 bits per heavy atom. The second-order valence-electron chi connectivity index (χ2n) is 5.10. The van der Waals surface area contributed by atoms with Gasteiger partial charge in [-0.25, -0.2) is 0 Å². The van der Waals surface area contributed by atoms with Gasteiger partial charge in [0.2, 0.25) is 0 Å². The van der Waals surface area contributed by atoms with E-state index in [1.807, 2.05) is 54.6 Å². The molecule has 5 nitrogen and oxygen atoms in total. The highest BCUT2D eigenvalue weighted by Crippen LogP contribution is 2.31. The highest BCUT2D eigenvalue weighted by Gasteiger charge is 2.11. The molecule has 122 valence electrons. The molecule has 1 heterocycles. The first-order valence-electron chi connectivity index (χ1n) is 7.45. The van der Waals surface area contributed by atoms with Crippen molar-refractivity contribution in [3.8, 4) is 39.8 Å². The molecule has 24 heavy (non-hydrogen) atoms. The Bertz CT molecular complexity index is 815. The fraction of sp³-hybridized carbons (Fsp3) is 0.158. The average molecular weight is 322 g/mol. The SMILES string of the molecule is COc1ccc(-c2cc(OC)c(-c3ccc(OC)cc3)nn2)cc1.